The number of likely N-dealkylation sites (tertiary alicyclic amines) is 1. The van der Waals surface area contributed by atoms with Gasteiger partial charge in [0.2, 0.25) is 0 Å². The van der Waals surface area contributed by atoms with Crippen LogP contribution in [0.4, 0.5) is 5.82 Å². The molecule has 3 aromatic heterocycles. The third-order valence-electron chi connectivity index (χ3n) is 6.22. The molecule has 0 atom stereocenters. The van der Waals surface area contributed by atoms with Crippen LogP contribution in [0.3, 0.4) is 0 Å². The number of hydrogen-bond acceptors (Lipinski definition) is 6. The molecule has 0 unspecified atom stereocenters. The molecule has 1 fully saturated rings. The Morgan fingerprint density at radius 1 is 1.00 bits per heavy atom. The monoisotopic (exact) mass is 456 g/mol. The summed E-state index contributed by atoms with van der Waals surface area (Å²) in [4.78, 5) is 35.3. The lowest BCUT2D eigenvalue weighted by molar-refractivity contribution is 0.0695. The molecule has 0 radical (unpaired) electrons. The molecule has 0 bridgehead atoms. The number of pyridine rings is 1. The first-order valence-electron chi connectivity index (χ1n) is 11.2. The largest absolute Gasteiger partial charge is 0.477 e. The third-order valence-corrected chi connectivity index (χ3v) is 6.22. The maximum atomic E-state index is 13.5. The molecule has 0 aliphatic carbocycles. The number of amides is 1. The van der Waals surface area contributed by atoms with Gasteiger partial charge in [-0.3, -0.25) is 9.78 Å². The number of anilines is 1. The molecule has 1 aromatic carbocycles. The first kappa shape index (κ1) is 21.6. The molecule has 4 aromatic rings. The lowest BCUT2D eigenvalue weighted by atomic mass is 9.89. The molecule has 2 N–H and O–H groups in total. The van der Waals surface area contributed by atoms with Gasteiger partial charge in [0.1, 0.15) is 16.9 Å². The third kappa shape index (κ3) is 4.19. The van der Waals surface area contributed by atoms with E-state index in [0.717, 1.165) is 18.4 Å². The van der Waals surface area contributed by atoms with E-state index in [1.807, 2.05) is 35.2 Å². The van der Waals surface area contributed by atoms with Crippen molar-refractivity contribution in [3.8, 4) is 0 Å². The minimum absolute atomic E-state index is 0.0212. The molecular formula is C25H24N6O3. The fourth-order valence-electron chi connectivity index (χ4n) is 4.41. The summed E-state index contributed by atoms with van der Waals surface area (Å²) in [6.45, 7) is 1.67. The number of nitrogens with zero attached hydrogens (tertiary/aromatic N) is 5. The normalized spacial score (nSPS) is 14.3. The summed E-state index contributed by atoms with van der Waals surface area (Å²) in [5.74, 6) is -0.431. The van der Waals surface area contributed by atoms with E-state index in [1.54, 1.807) is 12.4 Å². The van der Waals surface area contributed by atoms with Gasteiger partial charge in [0.15, 0.2) is 5.65 Å². The Morgan fingerprint density at radius 2 is 1.79 bits per heavy atom. The average molecular weight is 457 g/mol. The number of nitrogens with one attached hydrogen (secondary N) is 1. The molecule has 1 amide bonds. The van der Waals surface area contributed by atoms with Gasteiger partial charge >= 0.3 is 5.97 Å². The van der Waals surface area contributed by atoms with Crippen LogP contribution in [0.1, 0.15) is 50.6 Å². The van der Waals surface area contributed by atoms with Gasteiger partial charge in [-0.05, 0) is 36.0 Å². The summed E-state index contributed by atoms with van der Waals surface area (Å²) >= 11 is 0. The highest BCUT2D eigenvalue weighted by atomic mass is 16.4. The molecule has 9 nitrogen and oxygen atoms in total. The lowest BCUT2D eigenvalue weighted by Crippen LogP contribution is -2.38. The van der Waals surface area contributed by atoms with Gasteiger partial charge in [-0.2, -0.15) is 9.61 Å². The van der Waals surface area contributed by atoms with Gasteiger partial charge in [-0.25, -0.2) is 9.78 Å². The summed E-state index contributed by atoms with van der Waals surface area (Å²) in [7, 11) is 0. The number of benzene rings is 1. The molecule has 0 saturated carbocycles. The Bertz CT molecular complexity index is 1310. The minimum Gasteiger partial charge on any atom is -0.477 e. The molecule has 5 rings (SSSR count). The lowest BCUT2D eigenvalue weighted by Gasteiger charge is -2.32. The van der Waals surface area contributed by atoms with Crippen LogP contribution in [0, 0.1) is 0 Å². The zero-order valence-corrected chi connectivity index (χ0v) is 18.5. The Kier molecular flexibility index (Phi) is 5.90. The number of carbonyl (C=O) groups excluding carboxylic acids is 1. The van der Waals surface area contributed by atoms with Crippen LogP contribution in [0.2, 0.25) is 0 Å². The zero-order valence-electron chi connectivity index (χ0n) is 18.5. The number of piperidine rings is 1. The quantitative estimate of drug-likeness (QED) is 0.457. The maximum absolute atomic E-state index is 13.5. The number of hydrogen-bond donors (Lipinski definition) is 2. The Hall–Kier alpha value is -4.27. The highest BCUT2D eigenvalue weighted by Crippen LogP contribution is 2.29. The number of carboxylic acids is 1. The van der Waals surface area contributed by atoms with Crippen molar-refractivity contribution in [2.24, 2.45) is 0 Å². The molecule has 172 valence electrons. The summed E-state index contributed by atoms with van der Waals surface area (Å²) in [6.07, 6.45) is 7.88. The van der Waals surface area contributed by atoms with Crippen LogP contribution in [-0.4, -0.2) is 54.6 Å². The van der Waals surface area contributed by atoms with E-state index in [9.17, 15) is 14.7 Å². The van der Waals surface area contributed by atoms with Crippen LogP contribution < -0.4 is 5.32 Å². The molecule has 1 aliphatic heterocycles. The highest BCUT2D eigenvalue weighted by molar-refractivity contribution is 6.00. The van der Waals surface area contributed by atoms with Crippen molar-refractivity contribution in [3.63, 3.8) is 0 Å². The van der Waals surface area contributed by atoms with E-state index < -0.39 is 5.97 Å². The Balaban J connectivity index is 1.42. The van der Waals surface area contributed by atoms with Gasteiger partial charge in [0.25, 0.3) is 5.91 Å². The average Bonchev–Trinajstić information content (AvgIpc) is 3.33. The molecule has 1 aliphatic rings. The maximum Gasteiger partial charge on any atom is 0.341 e. The van der Waals surface area contributed by atoms with Gasteiger partial charge in [-0.1, -0.05) is 36.4 Å². The molecule has 0 spiro atoms. The topological polar surface area (TPSA) is 113 Å². The molecular weight excluding hydrogens is 432 g/mol. The molecule has 4 heterocycles. The van der Waals surface area contributed by atoms with Crippen molar-refractivity contribution >= 4 is 23.3 Å². The van der Waals surface area contributed by atoms with Gasteiger partial charge in [-0.15, -0.1) is 0 Å². The van der Waals surface area contributed by atoms with Crippen LogP contribution in [0.25, 0.3) is 5.65 Å². The van der Waals surface area contributed by atoms with Crippen LogP contribution >= 0.6 is 0 Å². The second-order valence-electron chi connectivity index (χ2n) is 8.31. The van der Waals surface area contributed by atoms with E-state index in [4.69, 9.17) is 0 Å². The number of aromatic nitrogens is 4. The smallest absolute Gasteiger partial charge is 0.341 e. The molecule has 1 saturated heterocycles. The van der Waals surface area contributed by atoms with E-state index in [-0.39, 0.29) is 17.1 Å². The van der Waals surface area contributed by atoms with Crippen LogP contribution in [0.15, 0.2) is 67.3 Å². The van der Waals surface area contributed by atoms with Crippen molar-refractivity contribution in [1.82, 2.24) is 24.5 Å². The van der Waals surface area contributed by atoms with Crippen molar-refractivity contribution in [1.29, 1.82) is 0 Å². The van der Waals surface area contributed by atoms with Crippen molar-refractivity contribution in [3.05, 3.63) is 89.5 Å². The van der Waals surface area contributed by atoms with Crippen LogP contribution in [-0.2, 0) is 6.54 Å². The second kappa shape index (κ2) is 9.30. The fraction of sp³-hybridized carbons (Fsp3) is 0.240. The van der Waals surface area contributed by atoms with E-state index in [1.165, 1.54) is 22.5 Å². The molecule has 9 heteroatoms. The second-order valence-corrected chi connectivity index (χ2v) is 8.31. The van der Waals surface area contributed by atoms with Crippen molar-refractivity contribution in [2.45, 2.75) is 25.3 Å². The number of carboxylic acid groups (broad SMARTS) is 1. The predicted molar refractivity (Wildman–Crippen MR) is 126 cm³/mol. The first-order valence-corrected chi connectivity index (χ1v) is 11.2. The van der Waals surface area contributed by atoms with E-state index in [2.05, 4.69) is 32.5 Å². The zero-order chi connectivity index (χ0) is 23.5. The molecule has 34 heavy (non-hydrogen) atoms. The Morgan fingerprint density at radius 3 is 2.50 bits per heavy atom. The highest BCUT2D eigenvalue weighted by Gasteiger charge is 2.28. The van der Waals surface area contributed by atoms with E-state index in [0.29, 0.717) is 36.9 Å². The number of carbonyl (C=O) groups is 2. The number of aromatic carboxylic acids is 1. The van der Waals surface area contributed by atoms with Crippen molar-refractivity contribution in [2.75, 3.05) is 18.4 Å². The fourth-order valence-corrected chi connectivity index (χ4v) is 4.41. The standard InChI is InChI=1S/C25H24N6O3/c32-24(30-11-8-19(9-12-30)18-6-2-1-3-7-18)20-15-28-23-21(25(33)34)16-29-31(23)22(20)27-14-17-5-4-10-26-13-17/h1-7,10,13,15-16,19,27H,8-9,11-12,14H2,(H,33,34). The minimum atomic E-state index is -1.12. The summed E-state index contributed by atoms with van der Waals surface area (Å²) in [5, 5.41) is 17.0. The number of fused-ring (bicyclic) bond motifs is 1. The van der Waals surface area contributed by atoms with Crippen molar-refractivity contribution < 1.29 is 14.7 Å². The van der Waals surface area contributed by atoms with Gasteiger partial charge in [0.05, 0.1) is 6.20 Å². The first-order chi connectivity index (χ1) is 16.6. The SMILES string of the molecule is O=C(O)c1cnn2c(NCc3cccnc3)c(C(=O)N3CCC(c4ccccc4)CC3)cnc12. The summed E-state index contributed by atoms with van der Waals surface area (Å²) < 4.78 is 1.39. The van der Waals surface area contributed by atoms with Gasteiger partial charge < -0.3 is 15.3 Å². The van der Waals surface area contributed by atoms with Gasteiger partial charge in [0, 0.05) is 38.2 Å². The van der Waals surface area contributed by atoms with E-state index >= 15 is 0 Å². The number of rotatable bonds is 6. The van der Waals surface area contributed by atoms with Crippen LogP contribution in [0.5, 0.6) is 0 Å². The predicted octanol–water partition coefficient (Wildman–Crippen LogP) is 3.45. The summed E-state index contributed by atoms with van der Waals surface area (Å²) in [6, 6.07) is 14.1. The Labute approximate surface area is 196 Å². The summed E-state index contributed by atoms with van der Waals surface area (Å²) in [5.41, 5.74) is 2.73.